The Kier molecular flexibility index (Phi) is 5.38. The lowest BCUT2D eigenvalue weighted by Crippen LogP contribution is -2.35. The molecule has 0 unspecified atom stereocenters. The zero-order valence-corrected chi connectivity index (χ0v) is 13.2. The first-order chi connectivity index (χ1) is 9.67. The molecule has 1 aliphatic heterocycles. The van der Waals surface area contributed by atoms with Crippen molar-refractivity contribution in [1.82, 2.24) is 5.32 Å². The zero-order valence-electron chi connectivity index (χ0n) is 11.6. The summed E-state index contributed by atoms with van der Waals surface area (Å²) in [7, 11) is 1.97. The highest BCUT2D eigenvalue weighted by Crippen LogP contribution is 2.32. The summed E-state index contributed by atoms with van der Waals surface area (Å²) in [5, 5.41) is 12.1. The van der Waals surface area contributed by atoms with Gasteiger partial charge < -0.3 is 10.2 Å². The van der Waals surface area contributed by atoms with Gasteiger partial charge in [-0.2, -0.15) is 5.26 Å². The van der Waals surface area contributed by atoms with E-state index in [1.807, 2.05) is 13.1 Å². The van der Waals surface area contributed by atoms with Gasteiger partial charge in [-0.05, 0) is 66.8 Å². The maximum Gasteiger partial charge on any atom is 0.161 e. The molecule has 1 heterocycles. The average Bonchev–Trinajstić information content (AvgIpc) is 2.48. The number of nitriles is 1. The molecule has 2 rings (SSSR count). The molecule has 1 aromatic carbocycles. The molecule has 0 aliphatic carbocycles. The van der Waals surface area contributed by atoms with E-state index in [1.165, 1.54) is 6.42 Å². The minimum Gasteiger partial charge on any atom is -0.369 e. The number of hydrogen-bond acceptors (Lipinski definition) is 3. The van der Waals surface area contributed by atoms with Crippen LogP contribution in [0, 0.1) is 23.1 Å². The van der Waals surface area contributed by atoms with Crippen LogP contribution in [0.25, 0.3) is 0 Å². The standard InChI is InChI=1S/C15H19BrFN3/c1-19-7-4-11-5-8-20(9-6-11)13-3-2-12(10-18)14(16)15(13)17/h2-3,11,19H,4-9H2,1H3. The molecule has 0 saturated carbocycles. The molecule has 0 aromatic heterocycles. The Morgan fingerprint density at radius 1 is 1.45 bits per heavy atom. The zero-order chi connectivity index (χ0) is 14.5. The Hall–Kier alpha value is -1.12. The van der Waals surface area contributed by atoms with Gasteiger partial charge in [0.25, 0.3) is 0 Å². The molecule has 20 heavy (non-hydrogen) atoms. The van der Waals surface area contributed by atoms with E-state index >= 15 is 0 Å². The molecular weight excluding hydrogens is 321 g/mol. The third-order valence-electron chi connectivity index (χ3n) is 3.94. The van der Waals surface area contributed by atoms with Gasteiger partial charge in [-0.1, -0.05) is 0 Å². The Labute approximate surface area is 127 Å². The fourth-order valence-electron chi connectivity index (χ4n) is 2.68. The third kappa shape index (κ3) is 3.31. The van der Waals surface area contributed by atoms with Crippen LogP contribution in [0.1, 0.15) is 24.8 Å². The second kappa shape index (κ2) is 7.05. The maximum absolute atomic E-state index is 14.3. The second-order valence-corrected chi connectivity index (χ2v) is 5.99. The monoisotopic (exact) mass is 339 g/mol. The number of hydrogen-bond donors (Lipinski definition) is 1. The van der Waals surface area contributed by atoms with Crippen molar-refractivity contribution in [3.63, 3.8) is 0 Å². The summed E-state index contributed by atoms with van der Waals surface area (Å²) in [5.74, 6) is 0.404. The van der Waals surface area contributed by atoms with E-state index in [4.69, 9.17) is 5.26 Å². The first-order valence-electron chi connectivity index (χ1n) is 6.95. The number of benzene rings is 1. The maximum atomic E-state index is 14.3. The molecule has 1 aliphatic rings. The van der Waals surface area contributed by atoms with Crippen molar-refractivity contribution < 1.29 is 4.39 Å². The molecule has 5 heteroatoms. The molecule has 1 fully saturated rings. The number of halogens is 2. The lowest BCUT2D eigenvalue weighted by Gasteiger charge is -2.34. The van der Waals surface area contributed by atoms with E-state index in [-0.39, 0.29) is 10.3 Å². The van der Waals surface area contributed by atoms with Crippen LogP contribution in [0.3, 0.4) is 0 Å². The van der Waals surface area contributed by atoms with Crippen LogP contribution in [0.15, 0.2) is 16.6 Å². The number of piperidine rings is 1. The number of nitrogens with one attached hydrogen (secondary N) is 1. The average molecular weight is 340 g/mol. The number of anilines is 1. The minimum atomic E-state index is -0.322. The normalized spacial score (nSPS) is 16.2. The van der Waals surface area contributed by atoms with Gasteiger partial charge in [-0.15, -0.1) is 0 Å². The van der Waals surface area contributed by atoms with E-state index in [0.29, 0.717) is 11.3 Å². The quantitative estimate of drug-likeness (QED) is 0.914. The van der Waals surface area contributed by atoms with Crippen molar-refractivity contribution in [2.24, 2.45) is 5.92 Å². The number of nitrogens with zero attached hydrogens (tertiary/aromatic N) is 2. The third-order valence-corrected chi connectivity index (χ3v) is 4.72. The van der Waals surface area contributed by atoms with Crippen LogP contribution < -0.4 is 10.2 Å². The molecule has 0 radical (unpaired) electrons. The molecule has 0 bridgehead atoms. The summed E-state index contributed by atoms with van der Waals surface area (Å²) in [6.07, 6.45) is 3.38. The SMILES string of the molecule is CNCCC1CCN(c2ccc(C#N)c(Br)c2F)CC1. The van der Waals surface area contributed by atoms with Gasteiger partial charge >= 0.3 is 0 Å². The highest BCUT2D eigenvalue weighted by Gasteiger charge is 2.22. The second-order valence-electron chi connectivity index (χ2n) is 5.19. The molecule has 1 N–H and O–H groups in total. The van der Waals surface area contributed by atoms with Crippen LogP contribution in [-0.2, 0) is 0 Å². The first kappa shape index (κ1) is 15.3. The van der Waals surface area contributed by atoms with Crippen LogP contribution in [0.5, 0.6) is 0 Å². The van der Waals surface area contributed by atoms with Gasteiger partial charge in [-0.25, -0.2) is 4.39 Å². The molecular formula is C15H19BrFN3. The first-order valence-corrected chi connectivity index (χ1v) is 7.74. The van der Waals surface area contributed by atoms with E-state index < -0.39 is 0 Å². The molecule has 1 saturated heterocycles. The van der Waals surface area contributed by atoms with Gasteiger partial charge in [0, 0.05) is 13.1 Å². The lowest BCUT2D eigenvalue weighted by atomic mass is 9.93. The lowest BCUT2D eigenvalue weighted by molar-refractivity contribution is 0.376. The van der Waals surface area contributed by atoms with Crippen LogP contribution in [0.4, 0.5) is 10.1 Å². The van der Waals surface area contributed by atoms with Crippen molar-refractivity contribution in [2.75, 3.05) is 31.6 Å². The summed E-state index contributed by atoms with van der Waals surface area (Å²) < 4.78 is 14.6. The fourth-order valence-corrected chi connectivity index (χ4v) is 3.10. The summed E-state index contributed by atoms with van der Waals surface area (Å²) in [6, 6.07) is 5.38. The van der Waals surface area contributed by atoms with E-state index in [0.717, 1.165) is 38.4 Å². The van der Waals surface area contributed by atoms with E-state index in [2.05, 4.69) is 26.1 Å². The van der Waals surface area contributed by atoms with Crippen LogP contribution in [0.2, 0.25) is 0 Å². The molecule has 0 spiro atoms. The Morgan fingerprint density at radius 2 is 2.15 bits per heavy atom. The molecule has 1 aromatic rings. The van der Waals surface area contributed by atoms with Gasteiger partial charge in [-0.3, -0.25) is 0 Å². The summed E-state index contributed by atoms with van der Waals surface area (Å²) in [5.41, 5.74) is 0.943. The Bertz CT molecular complexity index is 505. The van der Waals surface area contributed by atoms with Crippen molar-refractivity contribution >= 4 is 21.6 Å². The van der Waals surface area contributed by atoms with Crippen LogP contribution >= 0.6 is 15.9 Å². The van der Waals surface area contributed by atoms with Crippen molar-refractivity contribution in [2.45, 2.75) is 19.3 Å². The van der Waals surface area contributed by atoms with Gasteiger partial charge in [0.2, 0.25) is 0 Å². The molecule has 108 valence electrons. The number of rotatable bonds is 4. The van der Waals surface area contributed by atoms with Gasteiger partial charge in [0.1, 0.15) is 6.07 Å². The topological polar surface area (TPSA) is 39.1 Å². The minimum absolute atomic E-state index is 0.273. The predicted octanol–water partition coefficient (Wildman–Crippen LogP) is 3.29. The Morgan fingerprint density at radius 3 is 2.75 bits per heavy atom. The fraction of sp³-hybridized carbons (Fsp3) is 0.533. The highest BCUT2D eigenvalue weighted by atomic mass is 79.9. The van der Waals surface area contributed by atoms with Crippen molar-refractivity contribution in [3.8, 4) is 6.07 Å². The van der Waals surface area contributed by atoms with Gasteiger partial charge in [0.15, 0.2) is 5.82 Å². The summed E-state index contributed by atoms with van der Waals surface area (Å²) >= 11 is 3.17. The Balaban J connectivity index is 2.04. The largest absolute Gasteiger partial charge is 0.369 e. The highest BCUT2D eigenvalue weighted by molar-refractivity contribution is 9.10. The summed E-state index contributed by atoms with van der Waals surface area (Å²) in [6.45, 7) is 2.80. The van der Waals surface area contributed by atoms with Gasteiger partial charge in [0.05, 0.1) is 15.7 Å². The summed E-state index contributed by atoms with van der Waals surface area (Å²) in [4.78, 5) is 2.08. The van der Waals surface area contributed by atoms with E-state index in [1.54, 1.807) is 12.1 Å². The molecule has 0 atom stereocenters. The molecule has 0 amide bonds. The smallest absolute Gasteiger partial charge is 0.161 e. The van der Waals surface area contributed by atoms with Crippen molar-refractivity contribution in [3.05, 3.63) is 28.0 Å². The molecule has 3 nitrogen and oxygen atoms in total. The predicted molar refractivity (Wildman–Crippen MR) is 82.3 cm³/mol. The van der Waals surface area contributed by atoms with E-state index in [9.17, 15) is 4.39 Å². The van der Waals surface area contributed by atoms with Crippen LogP contribution in [-0.4, -0.2) is 26.7 Å². The van der Waals surface area contributed by atoms with Crippen molar-refractivity contribution in [1.29, 1.82) is 5.26 Å².